The third kappa shape index (κ3) is 1.94. The lowest BCUT2D eigenvalue weighted by atomic mass is 9.55. The maximum absolute atomic E-state index is 12.3. The molecule has 22 heavy (non-hydrogen) atoms. The van der Waals surface area contributed by atoms with Crippen molar-refractivity contribution in [2.24, 2.45) is 18.4 Å². The average Bonchev–Trinajstić information content (AvgIpc) is 2.39. The Morgan fingerprint density at radius 2 is 2.14 bits per heavy atom. The molecule has 4 rings (SSSR count). The molecule has 5 heteroatoms. The van der Waals surface area contributed by atoms with E-state index < -0.39 is 0 Å². The summed E-state index contributed by atoms with van der Waals surface area (Å²) >= 11 is 6.27. The van der Waals surface area contributed by atoms with Crippen molar-refractivity contribution in [3.05, 3.63) is 39.3 Å². The van der Waals surface area contributed by atoms with Crippen LogP contribution in [0.5, 0.6) is 0 Å². The number of benzene rings is 1. The summed E-state index contributed by atoms with van der Waals surface area (Å²) in [6, 6.07) is 3.93. The number of halogens is 1. The first-order chi connectivity index (χ1) is 10.5. The molecule has 1 saturated heterocycles. The molecule has 0 bridgehead atoms. The van der Waals surface area contributed by atoms with Crippen LogP contribution < -0.4 is 10.9 Å². The van der Waals surface area contributed by atoms with Crippen LogP contribution in [0.15, 0.2) is 23.1 Å². The van der Waals surface area contributed by atoms with Crippen LogP contribution in [0.25, 0.3) is 10.8 Å². The summed E-state index contributed by atoms with van der Waals surface area (Å²) in [7, 11) is 1.66. The van der Waals surface area contributed by atoms with Gasteiger partial charge in [0.1, 0.15) is 0 Å². The highest BCUT2D eigenvalue weighted by atomic mass is 35.5. The van der Waals surface area contributed by atoms with E-state index in [2.05, 4.69) is 23.4 Å². The van der Waals surface area contributed by atoms with Gasteiger partial charge in [0.2, 0.25) is 0 Å². The van der Waals surface area contributed by atoms with Crippen LogP contribution in [0.1, 0.15) is 31.2 Å². The number of hydrogen-bond donors (Lipinski definition) is 1. The van der Waals surface area contributed by atoms with E-state index in [9.17, 15) is 4.79 Å². The molecule has 1 saturated carbocycles. The molecule has 1 aliphatic carbocycles. The first-order valence-electron chi connectivity index (χ1n) is 7.86. The van der Waals surface area contributed by atoms with Gasteiger partial charge in [-0.3, -0.25) is 4.79 Å². The van der Waals surface area contributed by atoms with Crippen LogP contribution in [-0.2, 0) is 7.05 Å². The number of nitrogens with one attached hydrogen (secondary N) is 1. The number of nitrogens with zero attached hydrogens (tertiary/aromatic N) is 2. The largest absolute Gasteiger partial charge is 0.316 e. The lowest BCUT2D eigenvalue weighted by Crippen LogP contribution is -2.60. The van der Waals surface area contributed by atoms with Gasteiger partial charge < -0.3 is 5.32 Å². The number of hydrogen-bond acceptors (Lipinski definition) is 3. The Morgan fingerprint density at radius 3 is 2.77 bits per heavy atom. The van der Waals surface area contributed by atoms with E-state index in [0.717, 1.165) is 5.39 Å². The molecule has 1 atom stereocenters. The van der Waals surface area contributed by atoms with Crippen LogP contribution in [0, 0.1) is 11.3 Å². The molecule has 2 heterocycles. The fraction of sp³-hybridized carbons (Fsp3) is 0.529. The predicted molar refractivity (Wildman–Crippen MR) is 88.4 cm³/mol. The topological polar surface area (TPSA) is 46.9 Å². The molecule has 1 unspecified atom stereocenters. The molecule has 1 spiro atoms. The Balaban J connectivity index is 1.74. The Kier molecular flexibility index (Phi) is 3.10. The summed E-state index contributed by atoms with van der Waals surface area (Å²) in [4.78, 5) is 12.3. The van der Waals surface area contributed by atoms with Crippen molar-refractivity contribution in [2.75, 3.05) is 13.1 Å². The van der Waals surface area contributed by atoms with Gasteiger partial charge in [-0.05, 0) is 41.7 Å². The Labute approximate surface area is 134 Å². The molecule has 2 aliphatic rings. The van der Waals surface area contributed by atoms with Crippen LogP contribution in [0.3, 0.4) is 0 Å². The van der Waals surface area contributed by atoms with Crippen LogP contribution >= 0.6 is 11.6 Å². The lowest BCUT2D eigenvalue weighted by Gasteiger charge is -2.56. The molecule has 116 valence electrons. The summed E-state index contributed by atoms with van der Waals surface area (Å²) in [5.74, 6) is 1.12. The molecule has 0 radical (unpaired) electrons. The van der Waals surface area contributed by atoms with Gasteiger partial charge in [0.05, 0.1) is 16.6 Å². The second-order valence-corrected chi connectivity index (χ2v) is 7.47. The number of aromatic nitrogens is 2. The molecule has 1 N–H and O–H groups in total. The standard InChI is InChI=1S/C17H20ClN3O/c1-10(11-5-17(6-11)8-19-9-17)12-3-4-14(18)15-13(12)7-20-21(2)16(15)22/h3-4,7,10-11,19H,5-6,8-9H2,1-2H3. The second-order valence-electron chi connectivity index (χ2n) is 7.06. The number of rotatable bonds is 2. The first kappa shape index (κ1) is 14.2. The fourth-order valence-electron chi connectivity index (χ4n) is 4.15. The van der Waals surface area contributed by atoms with E-state index in [1.54, 1.807) is 13.2 Å². The van der Waals surface area contributed by atoms with Gasteiger partial charge in [0.25, 0.3) is 5.56 Å². The SMILES string of the molecule is CC(c1ccc(Cl)c2c(=O)n(C)ncc12)C1CC2(CNC2)C1. The minimum absolute atomic E-state index is 0.121. The zero-order chi connectivity index (χ0) is 15.5. The van der Waals surface area contributed by atoms with Gasteiger partial charge in [-0.15, -0.1) is 0 Å². The highest BCUT2D eigenvalue weighted by molar-refractivity contribution is 6.35. The van der Waals surface area contributed by atoms with Gasteiger partial charge in [0.15, 0.2) is 0 Å². The summed E-state index contributed by atoms with van der Waals surface area (Å²) in [5, 5.41) is 9.60. The Bertz CT molecular complexity index is 801. The molecule has 4 nitrogen and oxygen atoms in total. The van der Waals surface area contributed by atoms with Crippen molar-refractivity contribution >= 4 is 22.4 Å². The Morgan fingerprint density at radius 1 is 1.41 bits per heavy atom. The lowest BCUT2D eigenvalue weighted by molar-refractivity contribution is -0.00973. The van der Waals surface area contributed by atoms with Crippen LogP contribution in [0.4, 0.5) is 0 Å². The molecule has 1 aromatic carbocycles. The van der Waals surface area contributed by atoms with E-state index in [1.165, 1.54) is 36.2 Å². The van der Waals surface area contributed by atoms with Crippen molar-refractivity contribution in [3.63, 3.8) is 0 Å². The predicted octanol–water partition coefficient (Wildman–Crippen LogP) is 2.69. The molecular formula is C17H20ClN3O. The minimum Gasteiger partial charge on any atom is -0.316 e. The van der Waals surface area contributed by atoms with E-state index in [0.29, 0.717) is 27.7 Å². The summed E-state index contributed by atoms with van der Waals surface area (Å²) in [6.45, 7) is 4.60. The number of fused-ring (bicyclic) bond motifs is 1. The normalized spacial score (nSPS) is 21.6. The summed E-state index contributed by atoms with van der Waals surface area (Å²) < 4.78 is 1.35. The van der Waals surface area contributed by atoms with Crippen molar-refractivity contribution in [1.29, 1.82) is 0 Å². The quantitative estimate of drug-likeness (QED) is 0.926. The van der Waals surface area contributed by atoms with Crippen LogP contribution in [-0.4, -0.2) is 22.9 Å². The molecule has 1 aliphatic heterocycles. The van der Waals surface area contributed by atoms with Crippen molar-refractivity contribution in [2.45, 2.75) is 25.7 Å². The van der Waals surface area contributed by atoms with E-state index in [4.69, 9.17) is 11.6 Å². The van der Waals surface area contributed by atoms with E-state index >= 15 is 0 Å². The molecule has 2 aromatic rings. The van der Waals surface area contributed by atoms with Crippen molar-refractivity contribution in [3.8, 4) is 0 Å². The minimum atomic E-state index is -0.121. The van der Waals surface area contributed by atoms with Gasteiger partial charge in [-0.2, -0.15) is 5.10 Å². The van der Waals surface area contributed by atoms with E-state index in [-0.39, 0.29) is 5.56 Å². The first-order valence-corrected chi connectivity index (χ1v) is 8.24. The van der Waals surface area contributed by atoms with Crippen molar-refractivity contribution in [1.82, 2.24) is 15.1 Å². The molecule has 0 amide bonds. The zero-order valence-corrected chi connectivity index (χ0v) is 13.7. The molecule has 2 fully saturated rings. The van der Waals surface area contributed by atoms with Gasteiger partial charge in [-0.25, -0.2) is 4.68 Å². The number of aryl methyl sites for hydroxylation is 1. The smallest absolute Gasteiger partial charge is 0.275 e. The highest BCUT2D eigenvalue weighted by Gasteiger charge is 2.49. The summed E-state index contributed by atoms with van der Waals surface area (Å²) in [5.41, 5.74) is 1.65. The monoisotopic (exact) mass is 317 g/mol. The maximum atomic E-state index is 12.3. The van der Waals surface area contributed by atoms with Gasteiger partial charge in [0, 0.05) is 25.5 Å². The highest BCUT2D eigenvalue weighted by Crippen LogP contribution is 2.54. The summed E-state index contributed by atoms with van der Waals surface area (Å²) in [6.07, 6.45) is 4.35. The third-order valence-corrected chi connectivity index (χ3v) is 6.00. The zero-order valence-electron chi connectivity index (χ0n) is 12.9. The maximum Gasteiger partial charge on any atom is 0.275 e. The van der Waals surface area contributed by atoms with Crippen LogP contribution in [0.2, 0.25) is 5.02 Å². The van der Waals surface area contributed by atoms with Crippen molar-refractivity contribution < 1.29 is 0 Å². The third-order valence-electron chi connectivity index (χ3n) is 5.68. The fourth-order valence-corrected chi connectivity index (χ4v) is 4.39. The molecular weight excluding hydrogens is 298 g/mol. The molecule has 1 aromatic heterocycles. The average molecular weight is 318 g/mol. The second kappa shape index (κ2) is 4.80. The van der Waals surface area contributed by atoms with Gasteiger partial charge >= 0.3 is 0 Å². The van der Waals surface area contributed by atoms with Gasteiger partial charge in [-0.1, -0.05) is 24.6 Å². The van der Waals surface area contributed by atoms with E-state index in [1.807, 2.05) is 6.07 Å². The Hall–Kier alpha value is -1.39.